The van der Waals surface area contributed by atoms with E-state index in [1.165, 1.54) is 11.3 Å². The lowest BCUT2D eigenvalue weighted by Gasteiger charge is -2.09. The van der Waals surface area contributed by atoms with Crippen LogP contribution in [0.2, 0.25) is 0 Å². The number of thiocarbonyl (C=S) groups is 1. The summed E-state index contributed by atoms with van der Waals surface area (Å²) in [6, 6.07) is 0. The third-order valence-electron chi connectivity index (χ3n) is 2.97. The van der Waals surface area contributed by atoms with Gasteiger partial charge in [-0.25, -0.2) is 0 Å². The molecule has 1 aromatic rings. The van der Waals surface area contributed by atoms with Crippen LogP contribution in [0.25, 0.3) is 0 Å². The van der Waals surface area contributed by atoms with Crippen molar-refractivity contribution in [3.05, 3.63) is 16.0 Å². The number of rotatable bonds is 6. The topological polar surface area (TPSA) is 111 Å². The first-order valence-corrected chi connectivity index (χ1v) is 8.15. The fraction of sp³-hybridized carbons (Fsp3) is 0.429. The van der Waals surface area contributed by atoms with E-state index in [9.17, 15) is 14.4 Å². The maximum Gasteiger partial charge on any atom is 0.306 e. The van der Waals surface area contributed by atoms with Crippen LogP contribution in [0.5, 0.6) is 0 Å². The summed E-state index contributed by atoms with van der Waals surface area (Å²) in [6.45, 7) is 5.61. The van der Waals surface area contributed by atoms with Gasteiger partial charge in [-0.3, -0.25) is 14.4 Å². The molecule has 0 radical (unpaired) electrons. The predicted molar refractivity (Wildman–Crippen MR) is 92.5 cm³/mol. The number of amides is 2. The zero-order valence-corrected chi connectivity index (χ0v) is 14.8. The third-order valence-corrected chi connectivity index (χ3v) is 4.30. The first-order valence-electron chi connectivity index (χ1n) is 6.92. The quantitative estimate of drug-likeness (QED) is 0.527. The molecule has 4 N–H and O–H groups in total. The van der Waals surface area contributed by atoms with Gasteiger partial charge in [0.05, 0.1) is 18.6 Å². The molecule has 0 saturated carbocycles. The smallest absolute Gasteiger partial charge is 0.306 e. The molecule has 0 spiro atoms. The van der Waals surface area contributed by atoms with Gasteiger partial charge in [0.1, 0.15) is 5.00 Å². The zero-order valence-electron chi connectivity index (χ0n) is 13.1. The lowest BCUT2D eigenvalue weighted by Crippen LogP contribution is -2.34. The van der Waals surface area contributed by atoms with E-state index in [2.05, 4.69) is 10.6 Å². The van der Waals surface area contributed by atoms with Crippen molar-refractivity contribution in [3.63, 3.8) is 0 Å². The Morgan fingerprint density at radius 2 is 1.91 bits per heavy atom. The van der Waals surface area contributed by atoms with E-state index in [0.29, 0.717) is 10.6 Å². The van der Waals surface area contributed by atoms with Crippen molar-refractivity contribution in [3.8, 4) is 0 Å². The van der Waals surface area contributed by atoms with Crippen LogP contribution in [0.1, 0.15) is 40.6 Å². The summed E-state index contributed by atoms with van der Waals surface area (Å²) >= 11 is 6.36. The van der Waals surface area contributed by atoms with E-state index in [1.54, 1.807) is 13.8 Å². The fourth-order valence-electron chi connectivity index (χ4n) is 1.78. The van der Waals surface area contributed by atoms with E-state index in [0.717, 1.165) is 10.4 Å². The molecule has 126 valence electrons. The van der Waals surface area contributed by atoms with Gasteiger partial charge in [0.15, 0.2) is 5.11 Å². The molecule has 0 fully saturated rings. The third kappa shape index (κ3) is 5.61. The van der Waals surface area contributed by atoms with Crippen molar-refractivity contribution in [1.82, 2.24) is 5.32 Å². The largest absolute Gasteiger partial charge is 0.466 e. The number of hydrogen-bond acceptors (Lipinski definition) is 6. The lowest BCUT2D eigenvalue weighted by atomic mass is 10.1. The summed E-state index contributed by atoms with van der Waals surface area (Å²) in [4.78, 5) is 35.3. The molecule has 0 bridgehead atoms. The van der Waals surface area contributed by atoms with Crippen LogP contribution in [-0.4, -0.2) is 29.5 Å². The summed E-state index contributed by atoms with van der Waals surface area (Å²) in [6.07, 6.45) is -0.0577. The Bertz CT molecular complexity index is 640. The first kappa shape index (κ1) is 19.0. The molecule has 0 aliphatic rings. The van der Waals surface area contributed by atoms with Gasteiger partial charge < -0.3 is 21.1 Å². The predicted octanol–water partition coefficient (Wildman–Crippen LogP) is 1.62. The second kappa shape index (κ2) is 8.59. The standard InChI is InChI=1S/C14H19N3O4S2/c1-4-21-10(19)6-5-9(18)16-14(22)17-13-11(12(15)20)7(2)8(3)23-13/h4-6H2,1-3H3,(H2,15,20)(H2,16,17,18,22). The van der Waals surface area contributed by atoms with Gasteiger partial charge in [0, 0.05) is 11.3 Å². The van der Waals surface area contributed by atoms with Crippen LogP contribution in [0, 0.1) is 13.8 Å². The van der Waals surface area contributed by atoms with Gasteiger partial charge in [0.2, 0.25) is 5.91 Å². The van der Waals surface area contributed by atoms with Crippen molar-refractivity contribution in [2.75, 3.05) is 11.9 Å². The van der Waals surface area contributed by atoms with Gasteiger partial charge in [-0.1, -0.05) is 0 Å². The van der Waals surface area contributed by atoms with Gasteiger partial charge >= 0.3 is 5.97 Å². The molecule has 2 amide bonds. The summed E-state index contributed by atoms with van der Waals surface area (Å²) in [5.41, 5.74) is 6.50. The number of carbonyl (C=O) groups excluding carboxylic acids is 3. The van der Waals surface area contributed by atoms with E-state index in [4.69, 9.17) is 22.7 Å². The SMILES string of the molecule is CCOC(=O)CCC(=O)NC(=S)Nc1sc(C)c(C)c1C(N)=O. The van der Waals surface area contributed by atoms with E-state index in [1.807, 2.05) is 6.92 Å². The Hall–Kier alpha value is -2.00. The molecule has 0 saturated heterocycles. The van der Waals surface area contributed by atoms with Crippen LogP contribution in [0.3, 0.4) is 0 Å². The van der Waals surface area contributed by atoms with Gasteiger partial charge in [-0.05, 0) is 38.6 Å². The first-order chi connectivity index (χ1) is 10.8. The molecule has 1 heterocycles. The molecular weight excluding hydrogens is 338 g/mol. The molecule has 0 aromatic carbocycles. The van der Waals surface area contributed by atoms with Crippen molar-refractivity contribution < 1.29 is 19.1 Å². The second-order valence-electron chi connectivity index (χ2n) is 4.66. The number of aryl methyl sites for hydroxylation is 1. The van der Waals surface area contributed by atoms with Crippen molar-refractivity contribution >= 4 is 51.5 Å². The Morgan fingerprint density at radius 1 is 1.26 bits per heavy atom. The van der Waals surface area contributed by atoms with Gasteiger partial charge in [0.25, 0.3) is 5.91 Å². The Balaban J connectivity index is 2.61. The number of esters is 1. The van der Waals surface area contributed by atoms with Crippen LogP contribution in [-0.2, 0) is 14.3 Å². The second-order valence-corrected chi connectivity index (χ2v) is 6.29. The highest BCUT2D eigenvalue weighted by atomic mass is 32.1. The maximum atomic E-state index is 11.7. The van der Waals surface area contributed by atoms with Crippen LogP contribution < -0.4 is 16.4 Å². The molecule has 0 atom stereocenters. The number of carbonyl (C=O) groups is 3. The van der Waals surface area contributed by atoms with Crippen molar-refractivity contribution in [2.24, 2.45) is 5.73 Å². The normalized spacial score (nSPS) is 10.0. The van der Waals surface area contributed by atoms with Crippen LogP contribution in [0.4, 0.5) is 5.00 Å². The van der Waals surface area contributed by atoms with E-state index >= 15 is 0 Å². The Labute approximate surface area is 143 Å². The lowest BCUT2D eigenvalue weighted by molar-refractivity contribution is -0.144. The van der Waals surface area contributed by atoms with Crippen LogP contribution >= 0.6 is 23.6 Å². The molecular formula is C14H19N3O4S2. The molecule has 0 aliphatic carbocycles. The monoisotopic (exact) mass is 357 g/mol. The van der Waals surface area contributed by atoms with Crippen molar-refractivity contribution in [1.29, 1.82) is 0 Å². The zero-order chi connectivity index (χ0) is 17.6. The highest BCUT2D eigenvalue weighted by Crippen LogP contribution is 2.31. The van der Waals surface area contributed by atoms with Crippen molar-refractivity contribution in [2.45, 2.75) is 33.6 Å². The molecule has 9 heteroatoms. The number of nitrogens with two attached hydrogens (primary N) is 1. The summed E-state index contributed by atoms with van der Waals surface area (Å²) in [5.74, 6) is -1.42. The minimum Gasteiger partial charge on any atom is -0.466 e. The average Bonchev–Trinajstić information content (AvgIpc) is 2.71. The van der Waals surface area contributed by atoms with E-state index in [-0.39, 0.29) is 24.6 Å². The maximum absolute atomic E-state index is 11.7. The number of thiophene rings is 1. The minimum atomic E-state index is -0.564. The van der Waals surface area contributed by atoms with E-state index < -0.39 is 17.8 Å². The fourth-order valence-corrected chi connectivity index (χ4v) is 3.13. The molecule has 23 heavy (non-hydrogen) atoms. The number of anilines is 1. The summed E-state index contributed by atoms with van der Waals surface area (Å²) < 4.78 is 4.73. The number of nitrogens with one attached hydrogen (secondary N) is 2. The molecule has 0 aliphatic heterocycles. The van der Waals surface area contributed by atoms with Gasteiger partial charge in [-0.15, -0.1) is 11.3 Å². The summed E-state index contributed by atoms with van der Waals surface area (Å²) in [7, 11) is 0. The molecule has 0 unspecified atom stereocenters. The highest BCUT2D eigenvalue weighted by molar-refractivity contribution is 7.80. The number of ether oxygens (including phenoxy) is 1. The Kier molecular flexibility index (Phi) is 7.11. The average molecular weight is 357 g/mol. The molecule has 1 rings (SSSR count). The molecule has 7 nitrogen and oxygen atoms in total. The number of hydrogen-bond donors (Lipinski definition) is 3. The molecule has 1 aromatic heterocycles. The Morgan fingerprint density at radius 3 is 2.48 bits per heavy atom. The van der Waals surface area contributed by atoms with Gasteiger partial charge in [-0.2, -0.15) is 0 Å². The minimum absolute atomic E-state index is 0.0218. The van der Waals surface area contributed by atoms with Crippen LogP contribution in [0.15, 0.2) is 0 Å². The number of primary amides is 1. The highest BCUT2D eigenvalue weighted by Gasteiger charge is 2.18. The summed E-state index contributed by atoms with van der Waals surface area (Å²) in [5, 5.41) is 5.78.